The molecular formula is C22H18Cl2N2O3S. The van der Waals surface area contributed by atoms with Crippen LogP contribution in [-0.2, 0) is 12.2 Å². The lowest BCUT2D eigenvalue weighted by atomic mass is 10.1. The Kier molecular flexibility index (Phi) is 6.37. The number of amides is 1. The van der Waals surface area contributed by atoms with Crippen LogP contribution in [0.5, 0.6) is 0 Å². The first kappa shape index (κ1) is 20.8. The highest BCUT2D eigenvalue weighted by molar-refractivity contribution is 7.98. The van der Waals surface area contributed by atoms with E-state index >= 15 is 0 Å². The van der Waals surface area contributed by atoms with Gasteiger partial charge in [0, 0.05) is 16.6 Å². The monoisotopic (exact) mass is 460 g/mol. The first-order valence-electron chi connectivity index (χ1n) is 9.29. The maximum absolute atomic E-state index is 12.3. The van der Waals surface area contributed by atoms with Crippen molar-refractivity contribution >= 4 is 52.0 Å². The highest BCUT2D eigenvalue weighted by Gasteiger charge is 2.13. The molecule has 8 heteroatoms. The topological polar surface area (TPSA) is 68.3 Å². The summed E-state index contributed by atoms with van der Waals surface area (Å²) < 4.78 is 11.4. The van der Waals surface area contributed by atoms with Gasteiger partial charge in [-0.2, -0.15) is 0 Å². The van der Waals surface area contributed by atoms with Crippen LogP contribution >= 0.6 is 35.0 Å². The lowest BCUT2D eigenvalue weighted by Gasteiger charge is -2.06. The van der Waals surface area contributed by atoms with Gasteiger partial charge in [0.2, 0.25) is 0 Å². The van der Waals surface area contributed by atoms with E-state index in [2.05, 4.69) is 10.3 Å². The van der Waals surface area contributed by atoms with E-state index in [1.54, 1.807) is 24.3 Å². The van der Waals surface area contributed by atoms with Gasteiger partial charge in [-0.3, -0.25) is 4.79 Å². The fourth-order valence-corrected chi connectivity index (χ4v) is 4.15. The number of hydrogen-bond acceptors (Lipinski definition) is 5. The van der Waals surface area contributed by atoms with Gasteiger partial charge in [-0.05, 0) is 60.9 Å². The van der Waals surface area contributed by atoms with Crippen molar-refractivity contribution in [3.05, 3.63) is 81.2 Å². The summed E-state index contributed by atoms with van der Waals surface area (Å²) in [7, 11) is 0. The summed E-state index contributed by atoms with van der Waals surface area (Å²) in [5, 5.41) is 4.58. The molecule has 1 N–H and O–H groups in total. The largest absolute Gasteiger partial charge is 0.455 e. The number of hydrogen-bond donors (Lipinski definition) is 1. The Hall–Kier alpha value is -2.41. The predicted molar refractivity (Wildman–Crippen MR) is 120 cm³/mol. The zero-order valence-electron chi connectivity index (χ0n) is 16.1. The Morgan fingerprint density at radius 2 is 1.97 bits per heavy atom. The van der Waals surface area contributed by atoms with Crippen molar-refractivity contribution in [3.63, 3.8) is 0 Å². The molecule has 0 aliphatic carbocycles. The summed E-state index contributed by atoms with van der Waals surface area (Å²) in [4.78, 5) is 16.8. The molecule has 2 heterocycles. The lowest BCUT2D eigenvalue weighted by molar-refractivity contribution is 0.0925. The van der Waals surface area contributed by atoms with Crippen LogP contribution in [-0.4, -0.2) is 17.4 Å². The SMILES string of the molecule is Cc1ccc2oc(SCc3ccc(C(=O)NCCc4ccc(Cl)cc4Cl)o3)nc2c1. The van der Waals surface area contributed by atoms with Gasteiger partial charge in [0.1, 0.15) is 11.3 Å². The molecule has 0 saturated carbocycles. The van der Waals surface area contributed by atoms with Gasteiger partial charge in [-0.15, -0.1) is 0 Å². The van der Waals surface area contributed by atoms with Crippen LogP contribution in [0.3, 0.4) is 0 Å². The molecule has 2 aromatic heterocycles. The van der Waals surface area contributed by atoms with E-state index in [9.17, 15) is 4.79 Å². The van der Waals surface area contributed by atoms with E-state index in [1.165, 1.54) is 11.8 Å². The third-order valence-electron chi connectivity index (χ3n) is 4.44. The number of thioether (sulfide) groups is 1. The number of fused-ring (bicyclic) bond motifs is 1. The number of oxazole rings is 1. The fourth-order valence-electron chi connectivity index (χ4n) is 2.91. The Labute approximate surface area is 187 Å². The third kappa shape index (κ3) is 5.01. The average molecular weight is 461 g/mol. The minimum absolute atomic E-state index is 0.265. The number of carbonyl (C=O) groups is 1. The van der Waals surface area contributed by atoms with Crippen LogP contribution in [0.15, 0.2) is 62.6 Å². The van der Waals surface area contributed by atoms with E-state index in [1.807, 2.05) is 31.2 Å². The molecule has 0 unspecified atom stereocenters. The van der Waals surface area contributed by atoms with Crippen LogP contribution in [0.2, 0.25) is 10.0 Å². The number of furan rings is 1. The first-order chi connectivity index (χ1) is 14.5. The maximum Gasteiger partial charge on any atom is 0.287 e. The number of aromatic nitrogens is 1. The molecule has 4 rings (SSSR count). The highest BCUT2D eigenvalue weighted by atomic mass is 35.5. The molecule has 1 amide bonds. The minimum atomic E-state index is -0.270. The van der Waals surface area contributed by atoms with Crippen molar-refractivity contribution in [3.8, 4) is 0 Å². The van der Waals surface area contributed by atoms with Crippen molar-refractivity contribution in [1.82, 2.24) is 10.3 Å². The second-order valence-corrected chi connectivity index (χ2v) is 8.52. The van der Waals surface area contributed by atoms with E-state index in [4.69, 9.17) is 32.0 Å². The quantitative estimate of drug-likeness (QED) is 0.327. The number of aryl methyl sites for hydroxylation is 1. The molecule has 0 fully saturated rings. The first-order valence-corrected chi connectivity index (χ1v) is 11.0. The molecule has 0 aliphatic heterocycles. The molecule has 0 radical (unpaired) electrons. The van der Waals surface area contributed by atoms with E-state index in [-0.39, 0.29) is 11.7 Å². The lowest BCUT2D eigenvalue weighted by Crippen LogP contribution is -2.25. The standard InChI is InChI=1S/C22H18Cl2N2O3S/c1-13-2-6-19-18(10-13)26-22(29-19)30-12-16-5-7-20(28-16)21(27)25-9-8-14-3-4-15(23)11-17(14)24/h2-7,10-11H,8-9,12H2,1H3,(H,25,27). The fraction of sp³-hybridized carbons (Fsp3) is 0.182. The van der Waals surface area contributed by atoms with Crippen LogP contribution in [0, 0.1) is 6.92 Å². The normalized spacial score (nSPS) is 11.2. The summed E-state index contributed by atoms with van der Waals surface area (Å²) in [5.41, 5.74) is 3.64. The van der Waals surface area contributed by atoms with Gasteiger partial charge in [-0.1, -0.05) is 47.1 Å². The number of rotatable bonds is 7. The second kappa shape index (κ2) is 9.16. The number of benzene rings is 2. The molecule has 0 aliphatic rings. The van der Waals surface area contributed by atoms with Crippen LogP contribution in [0.4, 0.5) is 0 Å². The number of carbonyl (C=O) groups excluding carboxylic acids is 1. The summed E-state index contributed by atoms with van der Waals surface area (Å²) in [6.07, 6.45) is 0.600. The summed E-state index contributed by atoms with van der Waals surface area (Å²) in [5.74, 6) is 1.18. The smallest absolute Gasteiger partial charge is 0.287 e. The van der Waals surface area contributed by atoms with Crippen LogP contribution in [0.1, 0.15) is 27.4 Å². The summed E-state index contributed by atoms with van der Waals surface area (Å²) in [6.45, 7) is 2.45. The molecule has 2 aromatic carbocycles. The van der Waals surface area contributed by atoms with Crippen LogP contribution < -0.4 is 5.32 Å². The molecule has 5 nitrogen and oxygen atoms in total. The maximum atomic E-state index is 12.3. The summed E-state index contributed by atoms with van der Waals surface area (Å²) >= 11 is 13.5. The van der Waals surface area contributed by atoms with Crippen molar-refractivity contribution in [2.75, 3.05) is 6.54 Å². The molecular weight excluding hydrogens is 443 g/mol. The molecule has 0 bridgehead atoms. The van der Waals surface area contributed by atoms with E-state index in [0.29, 0.717) is 39.7 Å². The highest BCUT2D eigenvalue weighted by Crippen LogP contribution is 2.27. The molecule has 0 spiro atoms. The number of nitrogens with one attached hydrogen (secondary N) is 1. The Morgan fingerprint density at radius 3 is 2.80 bits per heavy atom. The zero-order valence-corrected chi connectivity index (χ0v) is 18.4. The molecule has 4 aromatic rings. The molecule has 0 saturated heterocycles. The van der Waals surface area contributed by atoms with Crippen molar-refractivity contribution in [2.24, 2.45) is 0 Å². The summed E-state index contributed by atoms with van der Waals surface area (Å²) in [6, 6.07) is 14.6. The van der Waals surface area contributed by atoms with Gasteiger partial charge in [0.05, 0.1) is 5.75 Å². The Balaban J connectivity index is 1.29. The predicted octanol–water partition coefficient (Wildman–Crippen LogP) is 6.30. The third-order valence-corrected chi connectivity index (χ3v) is 5.88. The van der Waals surface area contributed by atoms with Gasteiger partial charge in [0.15, 0.2) is 11.3 Å². The van der Waals surface area contributed by atoms with Crippen LogP contribution in [0.25, 0.3) is 11.1 Å². The molecule has 154 valence electrons. The van der Waals surface area contributed by atoms with Gasteiger partial charge >= 0.3 is 0 Å². The number of nitrogens with zero attached hydrogens (tertiary/aromatic N) is 1. The van der Waals surface area contributed by atoms with Gasteiger partial charge < -0.3 is 14.2 Å². The van der Waals surface area contributed by atoms with Gasteiger partial charge in [0.25, 0.3) is 11.1 Å². The molecule has 0 atom stereocenters. The Bertz CT molecular complexity index is 1200. The minimum Gasteiger partial charge on any atom is -0.455 e. The Morgan fingerprint density at radius 1 is 1.10 bits per heavy atom. The van der Waals surface area contributed by atoms with E-state index in [0.717, 1.165) is 22.2 Å². The van der Waals surface area contributed by atoms with Crippen molar-refractivity contribution in [2.45, 2.75) is 24.3 Å². The van der Waals surface area contributed by atoms with Crippen molar-refractivity contribution < 1.29 is 13.6 Å². The average Bonchev–Trinajstić information content (AvgIpc) is 3.34. The molecule has 30 heavy (non-hydrogen) atoms. The number of halogens is 2. The van der Waals surface area contributed by atoms with Gasteiger partial charge in [-0.25, -0.2) is 4.98 Å². The van der Waals surface area contributed by atoms with E-state index < -0.39 is 0 Å². The zero-order chi connectivity index (χ0) is 21.1. The second-order valence-electron chi connectivity index (χ2n) is 6.75. The van der Waals surface area contributed by atoms with Crippen molar-refractivity contribution in [1.29, 1.82) is 0 Å².